The van der Waals surface area contributed by atoms with Crippen molar-refractivity contribution >= 4 is 29.0 Å². The lowest BCUT2D eigenvalue weighted by molar-refractivity contribution is -0.116. The van der Waals surface area contributed by atoms with Gasteiger partial charge in [-0.05, 0) is 30.3 Å². The molecule has 1 amide bonds. The Morgan fingerprint density at radius 3 is 2.26 bits per heavy atom. The van der Waals surface area contributed by atoms with Crippen molar-refractivity contribution in [2.45, 2.75) is 6.17 Å². The summed E-state index contributed by atoms with van der Waals surface area (Å²) in [4.78, 5) is 14.9. The van der Waals surface area contributed by atoms with E-state index in [1.807, 2.05) is 0 Å². The predicted octanol–water partition coefficient (Wildman–Crippen LogP) is 3.53. The Hall–Kier alpha value is -4.14. The van der Waals surface area contributed by atoms with Gasteiger partial charge in [0.1, 0.15) is 23.1 Å². The summed E-state index contributed by atoms with van der Waals surface area (Å²) in [6.07, 6.45) is 0.544. The quantitative estimate of drug-likeness (QED) is 0.558. The second-order valence-corrected chi connectivity index (χ2v) is 6.72. The van der Waals surface area contributed by atoms with Gasteiger partial charge in [0.05, 0.1) is 33.2 Å². The highest BCUT2D eigenvalue weighted by atomic mass is 16.5. The van der Waals surface area contributed by atoms with E-state index in [4.69, 9.17) is 24.0 Å². The predicted molar refractivity (Wildman–Crippen MR) is 117 cm³/mol. The van der Waals surface area contributed by atoms with Crippen molar-refractivity contribution in [1.29, 1.82) is 5.41 Å². The van der Waals surface area contributed by atoms with E-state index in [-0.39, 0.29) is 5.84 Å². The van der Waals surface area contributed by atoms with Crippen LogP contribution in [0.2, 0.25) is 0 Å². The van der Waals surface area contributed by atoms with Crippen LogP contribution in [0.3, 0.4) is 0 Å². The molecule has 1 aliphatic rings. The summed E-state index contributed by atoms with van der Waals surface area (Å²) in [5.74, 6) is 1.86. The zero-order valence-electron chi connectivity index (χ0n) is 17.3. The standard InChI is InChI=1S/C22H22N4O5/c1-28-15-6-4-14(5-7-15)26-19(23)18-8-9-31-22(18)25-20(26)21(27)24-13-10-16(29-2)12-17(11-13)30-3/h4-12,20,23,25H,1-3H3,(H,24,27). The van der Waals surface area contributed by atoms with Gasteiger partial charge in [-0.3, -0.25) is 15.1 Å². The van der Waals surface area contributed by atoms with Gasteiger partial charge >= 0.3 is 0 Å². The first-order valence-corrected chi connectivity index (χ1v) is 9.44. The molecule has 3 aromatic rings. The Bertz CT molecular complexity index is 1090. The first-order valence-electron chi connectivity index (χ1n) is 9.44. The van der Waals surface area contributed by atoms with Crippen LogP contribution in [0, 0.1) is 5.41 Å². The molecule has 1 unspecified atom stereocenters. The van der Waals surface area contributed by atoms with Crippen LogP contribution in [0.15, 0.2) is 59.2 Å². The fourth-order valence-electron chi connectivity index (χ4n) is 3.35. The summed E-state index contributed by atoms with van der Waals surface area (Å²) in [5.41, 5.74) is 1.70. The molecule has 2 heterocycles. The third-order valence-electron chi connectivity index (χ3n) is 4.91. The monoisotopic (exact) mass is 422 g/mol. The van der Waals surface area contributed by atoms with Crippen molar-refractivity contribution in [3.63, 3.8) is 0 Å². The number of fused-ring (bicyclic) bond motifs is 1. The number of ether oxygens (including phenoxy) is 3. The first kappa shape index (κ1) is 20.1. The fourth-order valence-corrected chi connectivity index (χ4v) is 3.35. The molecule has 160 valence electrons. The molecule has 1 aromatic heterocycles. The van der Waals surface area contributed by atoms with Gasteiger partial charge in [0.15, 0.2) is 6.17 Å². The zero-order valence-corrected chi connectivity index (χ0v) is 17.3. The minimum atomic E-state index is -0.934. The average molecular weight is 422 g/mol. The van der Waals surface area contributed by atoms with Gasteiger partial charge in [0, 0.05) is 29.6 Å². The molecule has 0 saturated carbocycles. The maximum absolute atomic E-state index is 13.3. The Balaban J connectivity index is 1.68. The number of amides is 1. The number of carbonyl (C=O) groups excluding carboxylic acids is 1. The van der Waals surface area contributed by atoms with Gasteiger partial charge in [-0.15, -0.1) is 0 Å². The number of furan rings is 1. The maximum atomic E-state index is 13.3. The van der Waals surface area contributed by atoms with E-state index in [0.717, 1.165) is 0 Å². The molecule has 0 bridgehead atoms. The highest BCUT2D eigenvalue weighted by Gasteiger charge is 2.37. The number of methoxy groups -OCH3 is 3. The molecule has 9 heteroatoms. The van der Waals surface area contributed by atoms with Gasteiger partial charge < -0.3 is 29.3 Å². The first-order chi connectivity index (χ1) is 15.0. The summed E-state index contributed by atoms with van der Waals surface area (Å²) in [6.45, 7) is 0. The topological polar surface area (TPSA) is 109 Å². The molecular weight excluding hydrogens is 400 g/mol. The van der Waals surface area contributed by atoms with Crippen molar-refractivity contribution in [2.75, 3.05) is 36.9 Å². The number of nitrogens with zero attached hydrogens (tertiary/aromatic N) is 1. The van der Waals surface area contributed by atoms with Gasteiger partial charge in [-0.25, -0.2) is 0 Å². The Morgan fingerprint density at radius 1 is 1.00 bits per heavy atom. The van der Waals surface area contributed by atoms with Crippen LogP contribution < -0.4 is 29.7 Å². The van der Waals surface area contributed by atoms with Gasteiger partial charge in [0.2, 0.25) is 5.88 Å². The molecule has 0 aliphatic carbocycles. The van der Waals surface area contributed by atoms with Crippen LogP contribution in [-0.4, -0.2) is 39.2 Å². The molecule has 9 nitrogen and oxygen atoms in total. The molecule has 1 atom stereocenters. The average Bonchev–Trinajstić information content (AvgIpc) is 3.28. The lowest BCUT2D eigenvalue weighted by Gasteiger charge is -2.36. The summed E-state index contributed by atoms with van der Waals surface area (Å²) in [7, 11) is 4.65. The van der Waals surface area contributed by atoms with E-state index >= 15 is 0 Å². The van der Waals surface area contributed by atoms with E-state index in [0.29, 0.717) is 40.1 Å². The second-order valence-electron chi connectivity index (χ2n) is 6.72. The van der Waals surface area contributed by atoms with E-state index in [1.165, 1.54) is 20.5 Å². The Kier molecular flexibility index (Phi) is 5.40. The van der Waals surface area contributed by atoms with Crippen LogP contribution in [0.4, 0.5) is 17.3 Å². The minimum Gasteiger partial charge on any atom is -0.497 e. The fraction of sp³-hybridized carbons (Fsp3) is 0.182. The smallest absolute Gasteiger partial charge is 0.268 e. The number of anilines is 3. The molecule has 0 spiro atoms. The van der Waals surface area contributed by atoms with Crippen LogP contribution in [0.5, 0.6) is 17.2 Å². The lowest BCUT2D eigenvalue weighted by atomic mass is 10.1. The second kappa shape index (κ2) is 8.31. The normalized spacial score (nSPS) is 15.0. The number of benzene rings is 2. The van der Waals surface area contributed by atoms with Crippen molar-refractivity contribution in [1.82, 2.24) is 0 Å². The van der Waals surface area contributed by atoms with Gasteiger partial charge in [0.25, 0.3) is 5.91 Å². The summed E-state index contributed by atoms with van der Waals surface area (Å²) >= 11 is 0. The number of carbonyl (C=O) groups is 1. The highest BCUT2D eigenvalue weighted by Crippen LogP contribution is 2.32. The molecule has 3 N–H and O–H groups in total. The summed E-state index contributed by atoms with van der Waals surface area (Å²) in [6, 6.07) is 13.9. The molecule has 1 aliphatic heterocycles. The maximum Gasteiger partial charge on any atom is 0.268 e. The van der Waals surface area contributed by atoms with Crippen LogP contribution in [0.25, 0.3) is 0 Å². The molecular formula is C22H22N4O5. The van der Waals surface area contributed by atoms with E-state index in [1.54, 1.807) is 60.5 Å². The van der Waals surface area contributed by atoms with Crippen LogP contribution in [-0.2, 0) is 4.79 Å². The third kappa shape index (κ3) is 3.85. The highest BCUT2D eigenvalue weighted by molar-refractivity contribution is 6.17. The molecule has 0 radical (unpaired) electrons. The molecule has 31 heavy (non-hydrogen) atoms. The summed E-state index contributed by atoms with van der Waals surface area (Å²) < 4.78 is 21.2. The third-order valence-corrected chi connectivity index (χ3v) is 4.91. The summed E-state index contributed by atoms with van der Waals surface area (Å²) in [5, 5.41) is 14.6. The van der Waals surface area contributed by atoms with E-state index in [9.17, 15) is 4.79 Å². The van der Waals surface area contributed by atoms with Gasteiger partial charge in [-0.1, -0.05) is 0 Å². The number of nitrogens with one attached hydrogen (secondary N) is 3. The zero-order chi connectivity index (χ0) is 22.0. The number of hydrogen-bond acceptors (Lipinski definition) is 7. The van der Waals surface area contributed by atoms with Crippen molar-refractivity contribution < 1.29 is 23.4 Å². The molecule has 0 fully saturated rings. The van der Waals surface area contributed by atoms with Crippen molar-refractivity contribution in [2.24, 2.45) is 0 Å². The minimum absolute atomic E-state index is 0.135. The molecule has 4 rings (SSSR count). The van der Waals surface area contributed by atoms with Gasteiger partial charge in [-0.2, -0.15) is 0 Å². The van der Waals surface area contributed by atoms with Crippen molar-refractivity contribution in [3.05, 3.63) is 60.4 Å². The van der Waals surface area contributed by atoms with Crippen LogP contribution in [0.1, 0.15) is 5.56 Å². The number of hydrogen-bond donors (Lipinski definition) is 3. The number of amidine groups is 1. The van der Waals surface area contributed by atoms with E-state index < -0.39 is 12.1 Å². The largest absolute Gasteiger partial charge is 0.497 e. The van der Waals surface area contributed by atoms with Crippen LogP contribution >= 0.6 is 0 Å². The number of rotatable bonds is 6. The van der Waals surface area contributed by atoms with Crippen molar-refractivity contribution in [3.8, 4) is 17.2 Å². The Morgan fingerprint density at radius 2 is 1.65 bits per heavy atom. The van der Waals surface area contributed by atoms with E-state index in [2.05, 4.69) is 10.6 Å². The SMILES string of the molecule is COc1ccc(N2C(=N)c3ccoc3NC2C(=O)Nc2cc(OC)cc(OC)c2)cc1. The molecule has 0 saturated heterocycles. The Labute approximate surface area is 179 Å². The molecule has 2 aromatic carbocycles. The lowest BCUT2D eigenvalue weighted by Crippen LogP contribution is -2.55.